The molecule has 8 nitrogen and oxygen atoms in total. The number of benzene rings is 1. The Morgan fingerprint density at radius 1 is 1.48 bits per heavy atom. The average molecular weight is 296 g/mol. The maximum atomic E-state index is 12.1. The lowest BCUT2D eigenvalue weighted by molar-refractivity contribution is -0.384. The molecule has 8 heteroatoms. The lowest BCUT2D eigenvalue weighted by Crippen LogP contribution is -2.36. The van der Waals surface area contributed by atoms with E-state index in [4.69, 9.17) is 9.84 Å². The maximum absolute atomic E-state index is 12.1. The van der Waals surface area contributed by atoms with Crippen LogP contribution in [0.3, 0.4) is 0 Å². The Balaban J connectivity index is 2.96. The molecule has 0 saturated carbocycles. The van der Waals surface area contributed by atoms with Crippen LogP contribution in [0.1, 0.15) is 30.1 Å². The lowest BCUT2D eigenvalue weighted by Gasteiger charge is -2.16. The Morgan fingerprint density at radius 3 is 2.62 bits per heavy atom. The van der Waals surface area contributed by atoms with Gasteiger partial charge in [-0.05, 0) is 12.5 Å². The number of nitrogens with one attached hydrogen (secondary N) is 1. The maximum Gasteiger partial charge on any atom is 0.305 e. The highest BCUT2D eigenvalue weighted by molar-refractivity contribution is 5.97. The van der Waals surface area contributed by atoms with Gasteiger partial charge in [-0.3, -0.25) is 19.7 Å². The van der Waals surface area contributed by atoms with Crippen LogP contribution in [0.4, 0.5) is 5.69 Å². The molecule has 0 aliphatic carbocycles. The number of hydrogen-bond donors (Lipinski definition) is 2. The minimum absolute atomic E-state index is 0.0619. The number of rotatable bonds is 7. The SMILES string of the molecule is CCC(CC(=O)O)NC(=O)c1ccc([N+](=O)[O-])cc1OC. The smallest absolute Gasteiger partial charge is 0.305 e. The summed E-state index contributed by atoms with van der Waals surface area (Å²) in [6.45, 7) is 1.75. The second kappa shape index (κ2) is 7.22. The molecular weight excluding hydrogens is 280 g/mol. The number of nitro benzene ring substituents is 1. The van der Waals surface area contributed by atoms with Gasteiger partial charge in [-0.25, -0.2) is 0 Å². The summed E-state index contributed by atoms with van der Waals surface area (Å²) in [5.41, 5.74) is -0.0760. The fourth-order valence-corrected chi connectivity index (χ4v) is 1.75. The number of non-ortho nitro benzene ring substituents is 1. The van der Waals surface area contributed by atoms with Gasteiger partial charge in [0, 0.05) is 12.1 Å². The Labute approximate surface area is 120 Å². The molecule has 0 heterocycles. The molecule has 0 saturated heterocycles. The van der Waals surface area contributed by atoms with Gasteiger partial charge in [0.2, 0.25) is 0 Å². The van der Waals surface area contributed by atoms with Crippen molar-refractivity contribution in [2.45, 2.75) is 25.8 Å². The van der Waals surface area contributed by atoms with Crippen LogP contribution in [0.2, 0.25) is 0 Å². The van der Waals surface area contributed by atoms with Crippen molar-refractivity contribution < 1.29 is 24.4 Å². The average Bonchev–Trinajstić information content (AvgIpc) is 2.44. The van der Waals surface area contributed by atoms with Crippen LogP contribution in [0.25, 0.3) is 0 Å². The number of hydrogen-bond acceptors (Lipinski definition) is 5. The van der Waals surface area contributed by atoms with Gasteiger partial charge >= 0.3 is 5.97 Å². The Kier molecular flexibility index (Phi) is 5.65. The number of carbonyl (C=O) groups excluding carboxylic acids is 1. The van der Waals surface area contributed by atoms with Crippen LogP contribution in [-0.2, 0) is 4.79 Å². The largest absolute Gasteiger partial charge is 0.496 e. The zero-order chi connectivity index (χ0) is 16.0. The third-order valence-corrected chi connectivity index (χ3v) is 2.89. The summed E-state index contributed by atoms with van der Waals surface area (Å²) in [4.78, 5) is 32.9. The van der Waals surface area contributed by atoms with Gasteiger partial charge in [0.1, 0.15) is 5.75 Å². The summed E-state index contributed by atoms with van der Waals surface area (Å²) in [6.07, 6.45) is 0.255. The predicted molar refractivity (Wildman–Crippen MR) is 73.4 cm³/mol. The summed E-state index contributed by atoms with van der Waals surface area (Å²) in [6, 6.07) is 3.09. The second-order valence-corrected chi connectivity index (χ2v) is 4.32. The highest BCUT2D eigenvalue weighted by atomic mass is 16.6. The van der Waals surface area contributed by atoms with E-state index in [1.807, 2.05) is 0 Å². The first kappa shape index (κ1) is 16.4. The van der Waals surface area contributed by atoms with Crippen LogP contribution in [0.15, 0.2) is 18.2 Å². The van der Waals surface area contributed by atoms with Crippen LogP contribution in [0.5, 0.6) is 5.75 Å². The molecule has 21 heavy (non-hydrogen) atoms. The van der Waals surface area contributed by atoms with E-state index in [2.05, 4.69) is 5.32 Å². The third kappa shape index (κ3) is 4.44. The van der Waals surface area contributed by atoms with Crippen molar-refractivity contribution in [1.29, 1.82) is 0 Å². The number of amides is 1. The van der Waals surface area contributed by atoms with Crippen molar-refractivity contribution in [3.63, 3.8) is 0 Å². The third-order valence-electron chi connectivity index (χ3n) is 2.89. The number of nitro groups is 1. The summed E-state index contributed by atoms with van der Waals surface area (Å²) < 4.78 is 4.97. The van der Waals surface area contributed by atoms with E-state index >= 15 is 0 Å². The van der Waals surface area contributed by atoms with E-state index in [0.29, 0.717) is 6.42 Å². The van der Waals surface area contributed by atoms with Crippen LogP contribution in [-0.4, -0.2) is 35.1 Å². The van der Waals surface area contributed by atoms with Crippen molar-refractivity contribution in [2.24, 2.45) is 0 Å². The van der Waals surface area contributed by atoms with Crippen molar-refractivity contribution in [3.8, 4) is 5.75 Å². The number of carboxylic acids is 1. The van der Waals surface area contributed by atoms with Crippen LogP contribution < -0.4 is 10.1 Å². The highest BCUT2D eigenvalue weighted by Gasteiger charge is 2.20. The molecule has 1 aromatic rings. The van der Waals surface area contributed by atoms with Crippen molar-refractivity contribution >= 4 is 17.6 Å². The minimum Gasteiger partial charge on any atom is -0.496 e. The molecule has 0 aliphatic heterocycles. The number of carbonyl (C=O) groups is 2. The first-order chi connectivity index (χ1) is 9.88. The first-order valence-corrected chi connectivity index (χ1v) is 6.24. The molecule has 0 radical (unpaired) electrons. The van der Waals surface area contributed by atoms with Gasteiger partial charge in [0.05, 0.1) is 30.1 Å². The number of carboxylic acid groups (broad SMARTS) is 1. The molecule has 1 unspecified atom stereocenters. The van der Waals surface area contributed by atoms with Gasteiger partial charge in [-0.2, -0.15) is 0 Å². The Hall–Kier alpha value is -2.64. The van der Waals surface area contributed by atoms with E-state index in [0.717, 1.165) is 6.07 Å². The standard InChI is InChI=1S/C13H16N2O6/c1-3-8(6-12(16)17)14-13(18)10-5-4-9(15(19)20)7-11(10)21-2/h4-5,7-8H,3,6H2,1-2H3,(H,14,18)(H,16,17). The van der Waals surface area contributed by atoms with E-state index < -0.39 is 22.8 Å². The lowest BCUT2D eigenvalue weighted by atomic mass is 10.1. The molecule has 2 N–H and O–H groups in total. The molecule has 0 aromatic heterocycles. The van der Waals surface area contributed by atoms with Crippen molar-refractivity contribution in [2.75, 3.05) is 7.11 Å². The molecule has 0 fully saturated rings. The summed E-state index contributed by atoms with van der Waals surface area (Å²) >= 11 is 0. The molecule has 0 aliphatic rings. The summed E-state index contributed by atoms with van der Waals surface area (Å²) in [5.74, 6) is -1.49. The fraction of sp³-hybridized carbons (Fsp3) is 0.385. The van der Waals surface area contributed by atoms with Gasteiger partial charge in [0.15, 0.2) is 0 Å². The number of ether oxygens (including phenoxy) is 1. The van der Waals surface area contributed by atoms with E-state index in [1.54, 1.807) is 6.92 Å². The molecule has 1 aromatic carbocycles. The van der Waals surface area contributed by atoms with E-state index in [-0.39, 0.29) is 23.4 Å². The molecular formula is C13H16N2O6. The molecule has 0 bridgehead atoms. The van der Waals surface area contributed by atoms with Crippen LogP contribution in [0, 0.1) is 10.1 Å². The first-order valence-electron chi connectivity index (χ1n) is 6.24. The molecule has 1 rings (SSSR count). The zero-order valence-electron chi connectivity index (χ0n) is 11.7. The van der Waals surface area contributed by atoms with Gasteiger partial charge < -0.3 is 15.2 Å². The van der Waals surface area contributed by atoms with E-state index in [9.17, 15) is 19.7 Å². The van der Waals surface area contributed by atoms with Gasteiger partial charge in [-0.1, -0.05) is 6.92 Å². The normalized spacial score (nSPS) is 11.5. The Bertz CT molecular complexity index is 558. The predicted octanol–water partition coefficient (Wildman–Crippen LogP) is 1.59. The topological polar surface area (TPSA) is 119 Å². The quantitative estimate of drug-likeness (QED) is 0.582. The molecule has 1 atom stereocenters. The number of methoxy groups -OCH3 is 1. The highest BCUT2D eigenvalue weighted by Crippen LogP contribution is 2.24. The van der Waals surface area contributed by atoms with Gasteiger partial charge in [0.25, 0.3) is 11.6 Å². The number of aliphatic carboxylic acids is 1. The monoisotopic (exact) mass is 296 g/mol. The molecule has 0 spiro atoms. The van der Waals surface area contributed by atoms with Crippen LogP contribution >= 0.6 is 0 Å². The summed E-state index contributed by atoms with van der Waals surface area (Å²) in [7, 11) is 1.30. The molecule has 114 valence electrons. The van der Waals surface area contributed by atoms with Crippen molar-refractivity contribution in [1.82, 2.24) is 5.32 Å². The Morgan fingerprint density at radius 2 is 2.14 bits per heavy atom. The van der Waals surface area contributed by atoms with Gasteiger partial charge in [-0.15, -0.1) is 0 Å². The second-order valence-electron chi connectivity index (χ2n) is 4.32. The number of nitrogens with zero attached hydrogens (tertiary/aromatic N) is 1. The zero-order valence-corrected chi connectivity index (χ0v) is 11.7. The molecule has 1 amide bonds. The summed E-state index contributed by atoms with van der Waals surface area (Å²) in [5, 5.41) is 22.0. The van der Waals surface area contributed by atoms with E-state index in [1.165, 1.54) is 19.2 Å². The minimum atomic E-state index is -1.02. The van der Waals surface area contributed by atoms with Crippen molar-refractivity contribution in [3.05, 3.63) is 33.9 Å². The fourth-order valence-electron chi connectivity index (χ4n) is 1.75.